The van der Waals surface area contributed by atoms with Crippen LogP contribution in [0.15, 0.2) is 35.2 Å². The Hall–Kier alpha value is -2.71. The lowest BCUT2D eigenvalue weighted by atomic mass is 10.1. The van der Waals surface area contributed by atoms with Crippen LogP contribution in [0.1, 0.15) is 24.6 Å². The van der Waals surface area contributed by atoms with Gasteiger partial charge in [0.05, 0.1) is 25.3 Å². The normalized spacial score (nSPS) is 17.5. The quantitative estimate of drug-likeness (QED) is 0.796. The topological polar surface area (TPSA) is 71.6 Å². The summed E-state index contributed by atoms with van der Waals surface area (Å²) in [6, 6.07) is 3.50. The molecule has 0 bridgehead atoms. The SMILES string of the molecule is CN(Cc1nccn1C(F)F)C(=O)C1CC(=O)N(Cc2ccco2)C1. The number of hydrogen-bond acceptors (Lipinski definition) is 4. The molecule has 3 heterocycles. The Morgan fingerprint density at radius 2 is 2.32 bits per heavy atom. The summed E-state index contributed by atoms with van der Waals surface area (Å²) in [7, 11) is 1.52. The largest absolute Gasteiger partial charge is 0.467 e. The summed E-state index contributed by atoms with van der Waals surface area (Å²) in [6.07, 6.45) is 4.07. The zero-order chi connectivity index (χ0) is 18.0. The number of amides is 2. The molecule has 0 N–H and O–H groups in total. The predicted molar refractivity (Wildman–Crippen MR) is 82.2 cm³/mol. The number of alkyl halides is 2. The molecule has 1 aliphatic rings. The minimum Gasteiger partial charge on any atom is -0.467 e. The third kappa shape index (κ3) is 3.70. The van der Waals surface area contributed by atoms with Gasteiger partial charge >= 0.3 is 6.55 Å². The summed E-state index contributed by atoms with van der Waals surface area (Å²) in [4.78, 5) is 31.4. The van der Waals surface area contributed by atoms with Gasteiger partial charge in [-0.05, 0) is 12.1 Å². The Labute approximate surface area is 142 Å². The van der Waals surface area contributed by atoms with Crippen LogP contribution in [0.2, 0.25) is 0 Å². The van der Waals surface area contributed by atoms with Crippen molar-refractivity contribution < 1.29 is 22.8 Å². The molecule has 1 saturated heterocycles. The highest BCUT2D eigenvalue weighted by atomic mass is 19.3. The summed E-state index contributed by atoms with van der Waals surface area (Å²) in [5.74, 6) is -0.143. The summed E-state index contributed by atoms with van der Waals surface area (Å²) in [6.45, 7) is -2.15. The van der Waals surface area contributed by atoms with E-state index in [1.807, 2.05) is 0 Å². The van der Waals surface area contributed by atoms with Gasteiger partial charge in [0.15, 0.2) is 0 Å². The highest BCUT2D eigenvalue weighted by Crippen LogP contribution is 2.23. The van der Waals surface area contributed by atoms with E-state index in [4.69, 9.17) is 4.42 Å². The van der Waals surface area contributed by atoms with E-state index in [2.05, 4.69) is 4.98 Å². The van der Waals surface area contributed by atoms with Gasteiger partial charge in [-0.1, -0.05) is 0 Å². The van der Waals surface area contributed by atoms with Gasteiger partial charge in [0, 0.05) is 32.4 Å². The molecule has 1 fully saturated rings. The van der Waals surface area contributed by atoms with Gasteiger partial charge in [0.2, 0.25) is 11.8 Å². The maximum Gasteiger partial charge on any atom is 0.319 e. The fourth-order valence-corrected chi connectivity index (χ4v) is 2.93. The third-order valence-corrected chi connectivity index (χ3v) is 4.20. The molecule has 25 heavy (non-hydrogen) atoms. The average Bonchev–Trinajstić information content (AvgIpc) is 3.29. The van der Waals surface area contributed by atoms with Crippen molar-refractivity contribution in [3.05, 3.63) is 42.4 Å². The maximum atomic E-state index is 12.9. The molecule has 9 heteroatoms. The van der Waals surface area contributed by atoms with Crippen molar-refractivity contribution in [3.8, 4) is 0 Å². The molecule has 0 saturated carbocycles. The molecule has 0 radical (unpaired) electrons. The van der Waals surface area contributed by atoms with E-state index in [1.165, 1.54) is 30.6 Å². The second-order valence-corrected chi connectivity index (χ2v) is 5.98. The average molecular weight is 352 g/mol. The van der Waals surface area contributed by atoms with E-state index in [-0.39, 0.29) is 37.1 Å². The molecule has 1 aliphatic heterocycles. The molecule has 2 aromatic rings. The molecule has 7 nitrogen and oxygen atoms in total. The Bertz CT molecular complexity index is 744. The molecule has 1 unspecified atom stereocenters. The zero-order valence-corrected chi connectivity index (χ0v) is 13.6. The first kappa shape index (κ1) is 17.1. The van der Waals surface area contributed by atoms with Crippen molar-refractivity contribution in [2.45, 2.75) is 26.1 Å². The van der Waals surface area contributed by atoms with Crippen molar-refractivity contribution in [2.24, 2.45) is 5.92 Å². The molecule has 0 aromatic carbocycles. The van der Waals surface area contributed by atoms with E-state index in [0.29, 0.717) is 16.9 Å². The van der Waals surface area contributed by atoms with Gasteiger partial charge in [-0.2, -0.15) is 8.78 Å². The first-order valence-electron chi connectivity index (χ1n) is 7.80. The Kier molecular flexibility index (Phi) is 4.82. The number of imidazole rings is 1. The minimum absolute atomic E-state index is 0.0426. The molecule has 134 valence electrons. The van der Waals surface area contributed by atoms with Gasteiger partial charge in [-0.15, -0.1) is 0 Å². The first-order valence-corrected chi connectivity index (χ1v) is 7.80. The first-order chi connectivity index (χ1) is 12.0. The molecular weight excluding hydrogens is 334 g/mol. The number of carbonyl (C=O) groups excluding carboxylic acids is 2. The number of aromatic nitrogens is 2. The minimum atomic E-state index is -2.71. The van der Waals surface area contributed by atoms with Crippen LogP contribution in [0.3, 0.4) is 0 Å². The molecule has 0 aliphatic carbocycles. The van der Waals surface area contributed by atoms with E-state index in [1.54, 1.807) is 17.0 Å². The highest BCUT2D eigenvalue weighted by molar-refractivity contribution is 5.89. The second kappa shape index (κ2) is 7.04. The number of halogens is 2. The molecule has 3 rings (SSSR count). The van der Waals surface area contributed by atoms with E-state index < -0.39 is 12.5 Å². The third-order valence-electron chi connectivity index (χ3n) is 4.20. The maximum absolute atomic E-state index is 12.9. The number of hydrogen-bond donors (Lipinski definition) is 0. The smallest absolute Gasteiger partial charge is 0.319 e. The lowest BCUT2D eigenvalue weighted by Crippen LogP contribution is -2.35. The molecule has 0 spiro atoms. The fraction of sp³-hybridized carbons (Fsp3) is 0.438. The van der Waals surface area contributed by atoms with Crippen LogP contribution in [0.5, 0.6) is 0 Å². The number of carbonyl (C=O) groups is 2. The number of rotatable bonds is 6. The number of nitrogens with zero attached hydrogens (tertiary/aromatic N) is 4. The van der Waals surface area contributed by atoms with Crippen LogP contribution in [0.4, 0.5) is 8.78 Å². The summed E-state index contributed by atoms with van der Waals surface area (Å²) in [5, 5.41) is 0. The Morgan fingerprint density at radius 1 is 1.52 bits per heavy atom. The monoisotopic (exact) mass is 352 g/mol. The van der Waals surface area contributed by atoms with Gasteiger partial charge in [0.1, 0.15) is 11.6 Å². The summed E-state index contributed by atoms with van der Waals surface area (Å²) >= 11 is 0. The van der Waals surface area contributed by atoms with Crippen molar-refractivity contribution >= 4 is 11.8 Å². The molecule has 2 aromatic heterocycles. The van der Waals surface area contributed by atoms with Crippen LogP contribution in [0, 0.1) is 5.92 Å². The molecule has 2 amide bonds. The second-order valence-electron chi connectivity index (χ2n) is 5.98. The van der Waals surface area contributed by atoms with Crippen LogP contribution in [-0.2, 0) is 22.7 Å². The van der Waals surface area contributed by atoms with Gasteiger partial charge < -0.3 is 14.2 Å². The van der Waals surface area contributed by atoms with Gasteiger partial charge in [-0.25, -0.2) is 4.98 Å². The van der Waals surface area contributed by atoms with Crippen LogP contribution in [0.25, 0.3) is 0 Å². The standard InChI is InChI=1S/C16H18F2N4O3/c1-20(10-13-19-4-5-22(13)16(17)18)15(24)11-7-14(23)21(8-11)9-12-3-2-6-25-12/h2-6,11,16H,7-10H2,1H3. The van der Waals surface area contributed by atoms with Gasteiger partial charge in [0.25, 0.3) is 0 Å². The van der Waals surface area contributed by atoms with Gasteiger partial charge in [-0.3, -0.25) is 14.2 Å². The summed E-state index contributed by atoms with van der Waals surface area (Å²) < 4.78 is 31.6. The number of furan rings is 1. The van der Waals surface area contributed by atoms with Crippen LogP contribution < -0.4 is 0 Å². The molecular formula is C16H18F2N4O3. The van der Waals surface area contributed by atoms with Crippen molar-refractivity contribution in [3.63, 3.8) is 0 Å². The van der Waals surface area contributed by atoms with Crippen LogP contribution >= 0.6 is 0 Å². The summed E-state index contributed by atoms with van der Waals surface area (Å²) in [5.41, 5.74) is 0. The molecule has 1 atom stereocenters. The van der Waals surface area contributed by atoms with Crippen LogP contribution in [-0.4, -0.2) is 44.8 Å². The zero-order valence-electron chi connectivity index (χ0n) is 13.6. The van der Waals surface area contributed by atoms with E-state index in [0.717, 1.165) is 0 Å². The van der Waals surface area contributed by atoms with Crippen molar-refractivity contribution in [1.29, 1.82) is 0 Å². The lowest BCUT2D eigenvalue weighted by molar-refractivity contribution is -0.135. The predicted octanol–water partition coefficient (Wildman–Crippen LogP) is 1.88. The fourth-order valence-electron chi connectivity index (χ4n) is 2.93. The van der Waals surface area contributed by atoms with E-state index in [9.17, 15) is 18.4 Å². The Balaban J connectivity index is 1.61. The van der Waals surface area contributed by atoms with E-state index >= 15 is 0 Å². The van der Waals surface area contributed by atoms with Crippen molar-refractivity contribution in [1.82, 2.24) is 19.4 Å². The Morgan fingerprint density at radius 3 is 3.00 bits per heavy atom. The number of likely N-dealkylation sites (tertiary alicyclic amines) is 1. The van der Waals surface area contributed by atoms with Crippen molar-refractivity contribution in [2.75, 3.05) is 13.6 Å². The highest BCUT2D eigenvalue weighted by Gasteiger charge is 2.36. The lowest BCUT2D eigenvalue weighted by Gasteiger charge is -2.21.